The molecule has 0 amide bonds. The largest absolute Gasteiger partial charge is 0.464 e. The zero-order valence-electron chi connectivity index (χ0n) is 27.7. The van der Waals surface area contributed by atoms with E-state index in [0.717, 1.165) is 9.13 Å². The number of aliphatic hydroxyl groups excluding tert-OH is 1. The lowest BCUT2D eigenvalue weighted by Gasteiger charge is -2.20. The van der Waals surface area contributed by atoms with Crippen LogP contribution in [0.15, 0.2) is 41.4 Å². The molecule has 18 heteroatoms. The Morgan fingerprint density at radius 2 is 1.02 bits per heavy atom. The summed E-state index contributed by atoms with van der Waals surface area (Å²) in [7, 11) is 0. The van der Waals surface area contributed by atoms with Crippen molar-refractivity contribution in [2.45, 2.75) is 105 Å². The second-order valence-corrected chi connectivity index (χ2v) is 12.3. The predicted molar refractivity (Wildman–Crippen MR) is 167 cm³/mol. The second kappa shape index (κ2) is 16.3. The van der Waals surface area contributed by atoms with E-state index in [9.17, 15) is 43.5 Å². The van der Waals surface area contributed by atoms with Gasteiger partial charge in [-0.2, -0.15) is 0 Å². The Morgan fingerprint density at radius 3 is 1.45 bits per heavy atom. The first-order valence-electron chi connectivity index (χ1n) is 14.9. The number of carbonyl (C=O) groups excluding carboxylic acids is 2. The summed E-state index contributed by atoms with van der Waals surface area (Å²) in [5.74, 6) is -1.58. The number of esters is 2. The standard InChI is InChI=1S/C29H44N6O12/c1-8-11-30-22(39)31(24(41)32(23(30)40)13-10-21(38)47-29(5,6)7)12-9-20(37)45-18-15-34-25(42)33(14-17-36)26(43)35(27(34)44)16-19-46-28(2,3)4/h8,36H,1,9-19H2,2-7H3. The first-order valence-corrected chi connectivity index (χ1v) is 14.9. The molecule has 0 aliphatic rings. The average Bonchev–Trinajstić information content (AvgIpc) is 2.95. The van der Waals surface area contributed by atoms with E-state index in [4.69, 9.17) is 14.2 Å². The van der Waals surface area contributed by atoms with E-state index >= 15 is 0 Å². The van der Waals surface area contributed by atoms with Gasteiger partial charge in [-0.15, -0.1) is 6.58 Å². The molecule has 0 spiro atoms. The molecule has 0 unspecified atom stereocenters. The zero-order chi connectivity index (χ0) is 35.7. The van der Waals surface area contributed by atoms with Crippen molar-refractivity contribution in [3.8, 4) is 0 Å². The van der Waals surface area contributed by atoms with E-state index in [0.29, 0.717) is 18.3 Å². The smallest absolute Gasteiger partial charge is 0.336 e. The molecule has 2 aromatic heterocycles. The monoisotopic (exact) mass is 668 g/mol. The molecular weight excluding hydrogens is 624 g/mol. The van der Waals surface area contributed by atoms with E-state index in [1.165, 1.54) is 6.08 Å². The number of rotatable bonds is 16. The molecule has 1 N–H and O–H groups in total. The molecule has 47 heavy (non-hydrogen) atoms. The van der Waals surface area contributed by atoms with Gasteiger partial charge < -0.3 is 19.3 Å². The van der Waals surface area contributed by atoms with Gasteiger partial charge in [0.15, 0.2) is 0 Å². The molecule has 0 saturated carbocycles. The SMILES string of the molecule is C=CCn1c(=O)n(CCC(=O)OCCn2c(=O)n(CCO)c(=O)n(CCOC(C)(C)C)c2=O)c(=O)n(CCC(=O)OC(C)(C)C)c1=O. The lowest BCUT2D eigenvalue weighted by Crippen LogP contribution is -2.55. The van der Waals surface area contributed by atoms with Crippen molar-refractivity contribution in [1.82, 2.24) is 27.4 Å². The summed E-state index contributed by atoms with van der Waals surface area (Å²) in [6.45, 7) is 10.6. The van der Waals surface area contributed by atoms with Crippen LogP contribution in [0.25, 0.3) is 0 Å². The topological polar surface area (TPSA) is 214 Å². The Morgan fingerprint density at radius 1 is 0.617 bits per heavy atom. The van der Waals surface area contributed by atoms with Crippen molar-refractivity contribution >= 4 is 11.9 Å². The molecule has 0 bridgehead atoms. The minimum absolute atomic E-state index is 0.0207. The van der Waals surface area contributed by atoms with Crippen LogP contribution in [0.1, 0.15) is 54.4 Å². The van der Waals surface area contributed by atoms with Gasteiger partial charge in [-0.1, -0.05) is 6.08 Å². The summed E-state index contributed by atoms with van der Waals surface area (Å²) < 4.78 is 20.1. The van der Waals surface area contributed by atoms with Crippen LogP contribution in [0.5, 0.6) is 0 Å². The van der Waals surface area contributed by atoms with Crippen molar-refractivity contribution < 1.29 is 28.9 Å². The molecule has 0 saturated heterocycles. The van der Waals surface area contributed by atoms with Crippen molar-refractivity contribution in [2.75, 3.05) is 19.8 Å². The van der Waals surface area contributed by atoms with Gasteiger partial charge in [0.25, 0.3) is 0 Å². The summed E-state index contributed by atoms with van der Waals surface area (Å²) in [5, 5.41) is 9.34. The number of allylic oxidation sites excluding steroid dienone is 1. The summed E-state index contributed by atoms with van der Waals surface area (Å²) in [4.78, 5) is 102. The molecule has 0 aliphatic carbocycles. The molecule has 262 valence electrons. The van der Waals surface area contributed by atoms with Crippen molar-refractivity contribution in [3.05, 3.63) is 75.6 Å². The van der Waals surface area contributed by atoms with Crippen LogP contribution in [-0.4, -0.2) is 75.5 Å². The Labute approximate surface area is 268 Å². The number of aliphatic hydroxyl groups is 1. The van der Waals surface area contributed by atoms with Gasteiger partial charge in [0.2, 0.25) is 0 Å². The molecule has 0 fully saturated rings. The average molecular weight is 669 g/mol. The van der Waals surface area contributed by atoms with Gasteiger partial charge in [0.05, 0.1) is 57.8 Å². The third-order valence-corrected chi connectivity index (χ3v) is 6.33. The summed E-state index contributed by atoms with van der Waals surface area (Å²) in [6, 6.07) is 0. The van der Waals surface area contributed by atoms with Crippen molar-refractivity contribution in [1.29, 1.82) is 0 Å². The van der Waals surface area contributed by atoms with E-state index in [1.54, 1.807) is 41.5 Å². The van der Waals surface area contributed by atoms with Crippen LogP contribution >= 0.6 is 0 Å². The third-order valence-electron chi connectivity index (χ3n) is 6.33. The first-order chi connectivity index (χ1) is 21.8. The van der Waals surface area contributed by atoms with Crippen molar-refractivity contribution in [3.63, 3.8) is 0 Å². The Bertz CT molecular complexity index is 1810. The number of ether oxygens (including phenoxy) is 3. The molecular formula is C29H44N6O12. The van der Waals surface area contributed by atoms with Crippen LogP contribution in [-0.2, 0) is 63.1 Å². The normalized spacial score (nSPS) is 11.8. The highest BCUT2D eigenvalue weighted by Gasteiger charge is 2.21. The van der Waals surface area contributed by atoms with Gasteiger partial charge >= 0.3 is 46.1 Å². The van der Waals surface area contributed by atoms with Gasteiger partial charge in [-0.3, -0.25) is 9.59 Å². The molecule has 0 aromatic carbocycles. The maximum absolute atomic E-state index is 13.1. The molecule has 0 aliphatic heterocycles. The highest BCUT2D eigenvalue weighted by molar-refractivity contribution is 5.69. The van der Waals surface area contributed by atoms with Crippen LogP contribution in [0, 0.1) is 0 Å². The number of hydrogen-bond donors (Lipinski definition) is 1. The number of aromatic nitrogens is 6. The van der Waals surface area contributed by atoms with Gasteiger partial charge in [-0.25, -0.2) is 56.2 Å². The van der Waals surface area contributed by atoms with Crippen molar-refractivity contribution in [2.24, 2.45) is 0 Å². The summed E-state index contributed by atoms with van der Waals surface area (Å²) in [6.07, 6.45) is 0.416. The molecule has 0 radical (unpaired) electrons. The van der Waals surface area contributed by atoms with E-state index in [2.05, 4.69) is 6.58 Å². The number of carbonyl (C=O) groups is 2. The molecule has 0 atom stereocenters. The summed E-state index contributed by atoms with van der Waals surface area (Å²) in [5.41, 5.74) is -7.29. The minimum Gasteiger partial charge on any atom is -0.464 e. The molecule has 2 heterocycles. The first kappa shape index (κ1) is 38.6. The van der Waals surface area contributed by atoms with E-state index in [-0.39, 0.29) is 39.2 Å². The van der Waals surface area contributed by atoms with E-state index in [1.807, 2.05) is 0 Å². The number of hydrogen-bond acceptors (Lipinski definition) is 12. The predicted octanol–water partition coefficient (Wildman–Crippen LogP) is -1.98. The van der Waals surface area contributed by atoms with Gasteiger partial charge in [0, 0.05) is 13.1 Å². The fourth-order valence-electron chi connectivity index (χ4n) is 4.27. The van der Waals surface area contributed by atoms with Crippen LogP contribution in [0.3, 0.4) is 0 Å². The maximum atomic E-state index is 13.1. The maximum Gasteiger partial charge on any atom is 0.336 e. The van der Waals surface area contributed by atoms with Crippen LogP contribution < -0.4 is 34.1 Å². The fraction of sp³-hybridized carbons (Fsp3) is 0.655. The Hall–Kier alpha value is -4.58. The second-order valence-electron chi connectivity index (χ2n) is 12.3. The minimum atomic E-state index is -1.05. The highest BCUT2D eigenvalue weighted by Crippen LogP contribution is 2.08. The van der Waals surface area contributed by atoms with Gasteiger partial charge in [-0.05, 0) is 41.5 Å². The lowest BCUT2D eigenvalue weighted by molar-refractivity contribution is -0.155. The summed E-state index contributed by atoms with van der Waals surface area (Å²) >= 11 is 0. The fourth-order valence-corrected chi connectivity index (χ4v) is 4.27. The molecule has 2 rings (SSSR count). The third kappa shape index (κ3) is 10.7. The Kier molecular flexibility index (Phi) is 13.4. The quantitative estimate of drug-likeness (QED) is 0.152. The van der Waals surface area contributed by atoms with Gasteiger partial charge in [0.1, 0.15) is 12.2 Å². The van der Waals surface area contributed by atoms with Crippen LogP contribution in [0.2, 0.25) is 0 Å². The molecule has 2 aromatic rings. The Balaban J connectivity index is 2.23. The highest BCUT2D eigenvalue weighted by atomic mass is 16.6. The number of nitrogens with zero attached hydrogens (tertiary/aromatic N) is 6. The molecule has 18 nitrogen and oxygen atoms in total. The lowest BCUT2D eigenvalue weighted by atomic mass is 10.2. The zero-order valence-corrected chi connectivity index (χ0v) is 27.7. The van der Waals surface area contributed by atoms with Crippen LogP contribution in [0.4, 0.5) is 0 Å². The van der Waals surface area contributed by atoms with E-state index < -0.39 is 90.0 Å².